The summed E-state index contributed by atoms with van der Waals surface area (Å²) < 4.78 is 0.225. The van der Waals surface area contributed by atoms with Crippen molar-refractivity contribution in [2.45, 2.75) is 24.4 Å². The first-order valence-electron chi connectivity index (χ1n) is 4.58. The maximum Gasteiger partial charge on any atom is 0.133 e. The molecule has 16 heavy (non-hydrogen) atoms. The van der Waals surface area contributed by atoms with E-state index in [4.69, 9.17) is 22.4 Å². The minimum absolute atomic E-state index is 0.0429. The molecule has 0 bridgehead atoms. The lowest BCUT2D eigenvalue weighted by atomic mass is 10.0. The Kier molecular flexibility index (Phi) is 7.40. The van der Waals surface area contributed by atoms with Crippen LogP contribution in [0.25, 0.3) is 0 Å². The summed E-state index contributed by atoms with van der Waals surface area (Å²) >= 11 is 8.57. The molecule has 0 aromatic heterocycles. The van der Waals surface area contributed by atoms with Crippen LogP contribution in [0.3, 0.4) is 0 Å². The molecule has 0 aliphatic carbocycles. The molecule has 0 saturated heterocycles. The van der Waals surface area contributed by atoms with Gasteiger partial charge in [-0.15, -0.1) is 12.6 Å². The number of aliphatic hydroxyl groups is 5. The van der Waals surface area contributed by atoms with Crippen LogP contribution in [0.2, 0.25) is 0 Å². The largest absolute Gasteiger partial charge is 0.394 e. The Morgan fingerprint density at radius 2 is 1.62 bits per heavy atom. The molecule has 0 heterocycles. The third kappa shape index (κ3) is 4.91. The van der Waals surface area contributed by atoms with Crippen LogP contribution in [-0.2, 0) is 0 Å². The number of hydrogen-bond donors (Lipinski definition) is 6. The molecule has 4 atom stereocenters. The summed E-state index contributed by atoms with van der Waals surface area (Å²) in [7, 11) is 1.56. The van der Waals surface area contributed by atoms with Gasteiger partial charge in [0.05, 0.1) is 12.7 Å². The maximum absolute atomic E-state index is 9.51. The van der Waals surface area contributed by atoms with Gasteiger partial charge >= 0.3 is 0 Å². The van der Waals surface area contributed by atoms with Crippen LogP contribution < -0.4 is 0 Å². The Balaban J connectivity index is 4.27. The second-order valence-electron chi connectivity index (χ2n) is 3.46. The van der Waals surface area contributed by atoms with E-state index in [1.165, 1.54) is 4.90 Å². The lowest BCUT2D eigenvalue weighted by Crippen LogP contribution is -2.49. The zero-order chi connectivity index (χ0) is 12.9. The van der Waals surface area contributed by atoms with Crippen molar-refractivity contribution in [1.29, 1.82) is 0 Å². The van der Waals surface area contributed by atoms with Crippen molar-refractivity contribution in [1.82, 2.24) is 4.90 Å². The molecule has 0 unspecified atom stereocenters. The van der Waals surface area contributed by atoms with E-state index in [-0.39, 0.29) is 10.9 Å². The van der Waals surface area contributed by atoms with E-state index in [2.05, 4.69) is 12.6 Å². The molecule has 96 valence electrons. The number of rotatable bonds is 6. The predicted molar refractivity (Wildman–Crippen MR) is 65.3 cm³/mol. The van der Waals surface area contributed by atoms with Gasteiger partial charge in [-0.25, -0.2) is 0 Å². The highest BCUT2D eigenvalue weighted by Gasteiger charge is 2.30. The fourth-order valence-corrected chi connectivity index (χ4v) is 1.19. The monoisotopic (exact) mass is 271 g/mol. The summed E-state index contributed by atoms with van der Waals surface area (Å²) in [6.45, 7) is -0.746. The Morgan fingerprint density at radius 3 is 2.00 bits per heavy atom. The van der Waals surface area contributed by atoms with Crippen molar-refractivity contribution in [2.24, 2.45) is 0 Å². The van der Waals surface area contributed by atoms with Crippen molar-refractivity contribution in [3.63, 3.8) is 0 Å². The molecule has 8 heteroatoms. The first-order chi connectivity index (χ1) is 7.31. The topological polar surface area (TPSA) is 104 Å². The van der Waals surface area contributed by atoms with Crippen molar-refractivity contribution in [3.05, 3.63) is 0 Å². The SMILES string of the molecule is CN(C[C@@H](O)[C@H](O)[C@H](O)[C@H](O)CO)C(=S)S. The average Bonchev–Trinajstić information content (AvgIpc) is 2.25. The van der Waals surface area contributed by atoms with Gasteiger partial charge in [-0.3, -0.25) is 0 Å². The van der Waals surface area contributed by atoms with Crippen LogP contribution >= 0.6 is 24.8 Å². The molecule has 0 amide bonds. The van der Waals surface area contributed by atoms with Gasteiger partial charge in [-0.2, -0.15) is 0 Å². The first kappa shape index (κ1) is 16.0. The Bertz CT molecular complexity index is 230. The summed E-state index contributed by atoms with van der Waals surface area (Å²) in [6.07, 6.45) is -6.02. The molecule has 6 nitrogen and oxygen atoms in total. The minimum Gasteiger partial charge on any atom is -0.394 e. The summed E-state index contributed by atoms with van der Waals surface area (Å²) in [4.78, 5) is 1.39. The third-order valence-corrected chi connectivity index (χ3v) is 2.77. The summed E-state index contributed by atoms with van der Waals surface area (Å²) in [6, 6.07) is 0. The van der Waals surface area contributed by atoms with Crippen LogP contribution in [0.4, 0.5) is 0 Å². The van der Waals surface area contributed by atoms with E-state index in [0.29, 0.717) is 0 Å². The molecule has 0 fully saturated rings. The molecule has 0 spiro atoms. The van der Waals surface area contributed by atoms with Gasteiger partial charge in [0.1, 0.15) is 22.6 Å². The van der Waals surface area contributed by atoms with Gasteiger partial charge in [0, 0.05) is 13.6 Å². The van der Waals surface area contributed by atoms with E-state index in [0.717, 1.165) is 0 Å². The van der Waals surface area contributed by atoms with Gasteiger partial charge in [0.25, 0.3) is 0 Å². The highest BCUT2D eigenvalue weighted by atomic mass is 32.1. The van der Waals surface area contributed by atoms with Crippen molar-refractivity contribution in [3.8, 4) is 0 Å². The van der Waals surface area contributed by atoms with Crippen LogP contribution in [0.1, 0.15) is 0 Å². The molecular weight excluding hydrogens is 254 g/mol. The molecule has 0 aliphatic heterocycles. The fourth-order valence-electron chi connectivity index (χ4n) is 1.03. The Hall–Kier alpha value is 0.0400. The molecule has 0 rings (SSSR count). The molecule has 0 aromatic rings. The van der Waals surface area contributed by atoms with Crippen molar-refractivity contribution >= 4 is 29.2 Å². The second kappa shape index (κ2) is 7.38. The number of likely N-dealkylation sites (N-methyl/N-ethyl adjacent to an activating group) is 1. The molecular formula is C8H17NO5S2. The first-order valence-corrected chi connectivity index (χ1v) is 5.44. The lowest BCUT2D eigenvalue weighted by Gasteiger charge is -2.28. The van der Waals surface area contributed by atoms with Crippen LogP contribution in [0.15, 0.2) is 0 Å². The van der Waals surface area contributed by atoms with E-state index < -0.39 is 31.0 Å². The Labute approximate surface area is 105 Å². The quantitative estimate of drug-likeness (QED) is 0.236. The molecule has 0 radical (unpaired) electrons. The standard InChI is InChI=1S/C8H17NO5S2/c1-9(8(15)16)2-4(11)6(13)7(14)5(12)3-10/h4-7,10-14H,2-3H2,1H3,(H,15,16)/t4-,5-,6+,7-/m1/s1. The summed E-state index contributed by atoms with van der Waals surface area (Å²) in [5.74, 6) is 0. The van der Waals surface area contributed by atoms with Crippen molar-refractivity contribution in [2.75, 3.05) is 20.2 Å². The molecule has 0 aromatic carbocycles. The van der Waals surface area contributed by atoms with Gasteiger partial charge in [0.15, 0.2) is 0 Å². The molecule has 5 N–H and O–H groups in total. The predicted octanol–water partition coefficient (Wildman–Crippen LogP) is -2.43. The number of thiocarbonyl (C=S) groups is 1. The van der Waals surface area contributed by atoms with Gasteiger partial charge < -0.3 is 30.4 Å². The minimum atomic E-state index is -1.62. The highest BCUT2D eigenvalue weighted by Crippen LogP contribution is 2.07. The Morgan fingerprint density at radius 1 is 1.19 bits per heavy atom. The summed E-state index contributed by atoms with van der Waals surface area (Å²) in [5, 5.41) is 45.9. The second-order valence-corrected chi connectivity index (χ2v) is 4.57. The highest BCUT2D eigenvalue weighted by molar-refractivity contribution is 8.10. The smallest absolute Gasteiger partial charge is 0.133 e. The van der Waals surface area contributed by atoms with E-state index in [9.17, 15) is 15.3 Å². The van der Waals surface area contributed by atoms with E-state index >= 15 is 0 Å². The maximum atomic E-state index is 9.51. The summed E-state index contributed by atoms with van der Waals surface area (Å²) in [5.41, 5.74) is 0. The number of nitrogens with zero attached hydrogens (tertiary/aromatic N) is 1. The zero-order valence-corrected chi connectivity index (χ0v) is 10.5. The fraction of sp³-hybridized carbons (Fsp3) is 0.875. The normalized spacial score (nSPS) is 18.7. The van der Waals surface area contributed by atoms with Crippen LogP contribution in [-0.4, -0.2) is 79.4 Å². The average molecular weight is 271 g/mol. The van der Waals surface area contributed by atoms with E-state index in [1.807, 2.05) is 0 Å². The van der Waals surface area contributed by atoms with Gasteiger partial charge in [0.2, 0.25) is 0 Å². The zero-order valence-electron chi connectivity index (χ0n) is 8.76. The van der Waals surface area contributed by atoms with Crippen LogP contribution in [0, 0.1) is 0 Å². The lowest BCUT2D eigenvalue weighted by molar-refractivity contribution is -0.116. The number of thiol groups is 1. The van der Waals surface area contributed by atoms with E-state index in [1.54, 1.807) is 7.05 Å². The number of hydrogen-bond acceptors (Lipinski definition) is 6. The van der Waals surface area contributed by atoms with Crippen LogP contribution in [0.5, 0.6) is 0 Å². The van der Waals surface area contributed by atoms with Crippen molar-refractivity contribution < 1.29 is 25.5 Å². The van der Waals surface area contributed by atoms with Gasteiger partial charge in [-0.1, -0.05) is 12.2 Å². The molecule has 0 saturated carbocycles. The number of aliphatic hydroxyl groups excluding tert-OH is 5. The third-order valence-electron chi connectivity index (χ3n) is 2.11. The molecule has 0 aliphatic rings. The van der Waals surface area contributed by atoms with Gasteiger partial charge in [-0.05, 0) is 0 Å².